The van der Waals surface area contributed by atoms with Crippen LogP contribution in [0.15, 0.2) is 72.8 Å². The number of anilines is 1. The molecular formula is C30H34N8O2. The molecule has 206 valence electrons. The molecule has 1 aliphatic rings. The number of nitrogens with two attached hydrogens (primary N) is 2. The van der Waals surface area contributed by atoms with E-state index in [9.17, 15) is 9.59 Å². The highest BCUT2D eigenvalue weighted by molar-refractivity contribution is 6.01. The molecule has 2 amide bonds. The normalized spacial score (nSPS) is 15.8. The van der Waals surface area contributed by atoms with Gasteiger partial charge in [-0.05, 0) is 65.8 Å². The zero-order valence-corrected chi connectivity index (χ0v) is 22.3. The van der Waals surface area contributed by atoms with Gasteiger partial charge in [0.1, 0.15) is 6.04 Å². The lowest BCUT2D eigenvalue weighted by Gasteiger charge is -2.27. The lowest BCUT2D eigenvalue weighted by atomic mass is 9.98. The number of para-hydroxylation sites is 1. The molecule has 0 saturated heterocycles. The van der Waals surface area contributed by atoms with Crippen molar-refractivity contribution in [1.29, 1.82) is 0 Å². The van der Waals surface area contributed by atoms with Gasteiger partial charge < -0.3 is 21.7 Å². The zero-order chi connectivity index (χ0) is 27.9. The molecule has 10 heteroatoms. The smallest absolute Gasteiger partial charge is 0.249 e. The fourth-order valence-electron chi connectivity index (χ4n) is 5.11. The Balaban J connectivity index is 1.36. The summed E-state index contributed by atoms with van der Waals surface area (Å²) < 4.78 is 0. The highest BCUT2D eigenvalue weighted by Gasteiger charge is 2.32. The first kappa shape index (κ1) is 27.2. The highest BCUT2D eigenvalue weighted by Crippen LogP contribution is 2.32. The van der Waals surface area contributed by atoms with Gasteiger partial charge in [-0.1, -0.05) is 73.2 Å². The van der Waals surface area contributed by atoms with Gasteiger partial charge in [0.2, 0.25) is 17.6 Å². The van der Waals surface area contributed by atoms with Gasteiger partial charge >= 0.3 is 0 Å². The number of benzene rings is 3. The number of nitrogens with zero attached hydrogens (tertiary/aromatic N) is 4. The van der Waals surface area contributed by atoms with E-state index < -0.39 is 12.1 Å². The topological polar surface area (TPSA) is 156 Å². The quantitative estimate of drug-likeness (QED) is 0.226. The molecule has 0 radical (unpaired) electrons. The van der Waals surface area contributed by atoms with Gasteiger partial charge in [-0.25, -0.2) is 0 Å². The number of nitrogens with one attached hydrogen (secondary N) is 2. The van der Waals surface area contributed by atoms with Crippen molar-refractivity contribution in [2.24, 2.45) is 11.5 Å². The fraction of sp³-hybridized carbons (Fsp3) is 0.300. The SMILES string of the molecule is NCCCC[C@H](N)C(=O)NC1CCc2ccccc2N(Cc2ccc(-c3ccccc3-c3nn[nH]n3)cc2)C1=O. The van der Waals surface area contributed by atoms with E-state index in [1.165, 1.54) is 0 Å². The van der Waals surface area contributed by atoms with Gasteiger partial charge in [-0.2, -0.15) is 5.21 Å². The third-order valence-corrected chi connectivity index (χ3v) is 7.29. The Morgan fingerprint density at radius 2 is 1.77 bits per heavy atom. The first-order valence-electron chi connectivity index (χ1n) is 13.6. The van der Waals surface area contributed by atoms with E-state index in [2.05, 4.69) is 25.9 Å². The molecule has 4 aromatic rings. The zero-order valence-electron chi connectivity index (χ0n) is 22.3. The van der Waals surface area contributed by atoms with E-state index >= 15 is 0 Å². The predicted molar refractivity (Wildman–Crippen MR) is 154 cm³/mol. The summed E-state index contributed by atoms with van der Waals surface area (Å²) in [5, 5.41) is 17.4. The average molecular weight is 539 g/mol. The van der Waals surface area contributed by atoms with Crippen molar-refractivity contribution in [3.63, 3.8) is 0 Å². The van der Waals surface area contributed by atoms with Gasteiger partial charge in [-0.3, -0.25) is 9.59 Å². The Morgan fingerprint density at radius 1 is 1.02 bits per heavy atom. The van der Waals surface area contributed by atoms with E-state index in [0.717, 1.165) is 46.3 Å². The number of aryl methyl sites for hydroxylation is 1. The monoisotopic (exact) mass is 538 g/mol. The van der Waals surface area contributed by atoms with Crippen LogP contribution in [0.4, 0.5) is 5.69 Å². The standard InChI is InChI=1S/C30H34N8O2/c31-18-6-5-10-25(32)29(39)33-26-17-16-22-7-1-4-11-27(22)38(30(26)40)19-20-12-14-21(15-13-20)23-8-2-3-9-24(23)28-34-36-37-35-28/h1-4,7-9,11-15,25-26H,5-6,10,16-19,31-32H2,(H,33,39)(H,34,35,36,37)/t25-,26?/m0/s1. The van der Waals surface area contributed by atoms with Crippen LogP contribution in [0.1, 0.15) is 36.8 Å². The van der Waals surface area contributed by atoms with Crippen LogP contribution in [0.5, 0.6) is 0 Å². The molecule has 40 heavy (non-hydrogen) atoms. The molecule has 5 rings (SSSR count). The second-order valence-corrected chi connectivity index (χ2v) is 10.0. The number of H-pyrrole nitrogens is 1. The van der Waals surface area contributed by atoms with Crippen molar-refractivity contribution in [3.05, 3.63) is 83.9 Å². The Labute approximate surface area is 233 Å². The van der Waals surface area contributed by atoms with Crippen molar-refractivity contribution in [2.45, 2.75) is 50.7 Å². The van der Waals surface area contributed by atoms with Gasteiger partial charge in [0.25, 0.3) is 0 Å². The lowest BCUT2D eigenvalue weighted by molar-refractivity contribution is -0.128. The van der Waals surface area contributed by atoms with Crippen molar-refractivity contribution < 1.29 is 9.59 Å². The number of tetrazole rings is 1. The summed E-state index contributed by atoms with van der Waals surface area (Å²) in [6.45, 7) is 0.937. The maximum atomic E-state index is 13.8. The number of hydrogen-bond donors (Lipinski definition) is 4. The molecule has 1 unspecified atom stereocenters. The third-order valence-electron chi connectivity index (χ3n) is 7.29. The third kappa shape index (κ3) is 6.08. The number of carbonyl (C=O) groups is 2. The number of rotatable bonds is 10. The van der Waals surface area contributed by atoms with E-state index in [1.54, 1.807) is 4.90 Å². The van der Waals surface area contributed by atoms with Crippen molar-refractivity contribution >= 4 is 17.5 Å². The van der Waals surface area contributed by atoms with Gasteiger partial charge in [0.15, 0.2) is 0 Å². The number of aromatic nitrogens is 4. The Morgan fingerprint density at radius 3 is 2.52 bits per heavy atom. The second-order valence-electron chi connectivity index (χ2n) is 10.0. The van der Waals surface area contributed by atoms with Gasteiger partial charge in [-0.15, -0.1) is 10.2 Å². The number of fused-ring (bicyclic) bond motifs is 1. The number of aromatic amines is 1. The number of amides is 2. The predicted octanol–water partition coefficient (Wildman–Crippen LogP) is 2.95. The molecular weight excluding hydrogens is 504 g/mol. The van der Waals surface area contributed by atoms with Crippen LogP contribution in [0.2, 0.25) is 0 Å². The molecule has 2 heterocycles. The summed E-state index contributed by atoms with van der Waals surface area (Å²) in [6.07, 6.45) is 3.32. The minimum absolute atomic E-state index is 0.140. The first-order valence-corrected chi connectivity index (χ1v) is 13.6. The maximum absolute atomic E-state index is 13.8. The molecule has 6 N–H and O–H groups in total. The van der Waals surface area contributed by atoms with E-state index in [0.29, 0.717) is 38.2 Å². The van der Waals surface area contributed by atoms with Crippen LogP contribution in [0, 0.1) is 0 Å². The molecule has 0 fully saturated rings. The number of unbranched alkanes of at least 4 members (excludes halogenated alkanes) is 1. The van der Waals surface area contributed by atoms with Crippen LogP contribution in [-0.4, -0.2) is 51.1 Å². The summed E-state index contributed by atoms with van der Waals surface area (Å²) in [7, 11) is 0. The van der Waals surface area contributed by atoms with Crippen LogP contribution in [0.25, 0.3) is 22.5 Å². The summed E-state index contributed by atoms with van der Waals surface area (Å²) in [6, 6.07) is 22.6. The lowest BCUT2D eigenvalue weighted by Crippen LogP contribution is -2.52. The fourth-order valence-corrected chi connectivity index (χ4v) is 5.11. The Kier molecular flexibility index (Phi) is 8.58. The molecule has 1 aromatic heterocycles. The molecule has 1 aliphatic heterocycles. The van der Waals surface area contributed by atoms with Crippen LogP contribution < -0.4 is 21.7 Å². The Hall–Kier alpha value is -4.41. The van der Waals surface area contributed by atoms with Gasteiger partial charge in [0, 0.05) is 11.3 Å². The molecule has 0 aliphatic carbocycles. The summed E-state index contributed by atoms with van der Waals surface area (Å²) in [5.41, 5.74) is 17.4. The first-order chi connectivity index (χ1) is 19.5. The van der Waals surface area contributed by atoms with Gasteiger partial charge in [0.05, 0.1) is 12.6 Å². The number of carbonyl (C=O) groups excluding carboxylic acids is 2. The molecule has 10 nitrogen and oxygen atoms in total. The van der Waals surface area contributed by atoms with Crippen LogP contribution in [-0.2, 0) is 22.6 Å². The second kappa shape index (κ2) is 12.6. The molecule has 3 aromatic carbocycles. The minimum Gasteiger partial charge on any atom is -0.343 e. The highest BCUT2D eigenvalue weighted by atomic mass is 16.2. The van der Waals surface area contributed by atoms with E-state index in [1.807, 2.05) is 72.8 Å². The van der Waals surface area contributed by atoms with Crippen molar-refractivity contribution in [1.82, 2.24) is 25.9 Å². The average Bonchev–Trinajstić information content (AvgIpc) is 3.49. The van der Waals surface area contributed by atoms with Crippen LogP contribution in [0.3, 0.4) is 0 Å². The minimum atomic E-state index is -0.665. The van der Waals surface area contributed by atoms with E-state index in [-0.39, 0.29) is 11.8 Å². The van der Waals surface area contributed by atoms with Crippen molar-refractivity contribution in [3.8, 4) is 22.5 Å². The molecule has 0 bridgehead atoms. The summed E-state index contributed by atoms with van der Waals surface area (Å²) >= 11 is 0. The van der Waals surface area contributed by atoms with Crippen molar-refractivity contribution in [2.75, 3.05) is 11.4 Å². The summed E-state index contributed by atoms with van der Waals surface area (Å²) in [4.78, 5) is 28.4. The van der Waals surface area contributed by atoms with Crippen LogP contribution >= 0.6 is 0 Å². The Bertz CT molecular complexity index is 1440. The summed E-state index contributed by atoms with van der Waals surface area (Å²) in [5.74, 6) is 0.0866. The largest absolute Gasteiger partial charge is 0.343 e. The number of hydrogen-bond acceptors (Lipinski definition) is 7. The van der Waals surface area contributed by atoms with E-state index in [4.69, 9.17) is 11.5 Å². The molecule has 2 atom stereocenters. The molecule has 0 spiro atoms. The molecule has 0 saturated carbocycles. The maximum Gasteiger partial charge on any atom is 0.249 e.